The van der Waals surface area contributed by atoms with Gasteiger partial charge in [-0.3, -0.25) is 4.79 Å². The van der Waals surface area contributed by atoms with Gasteiger partial charge in [-0.25, -0.2) is 0 Å². The average Bonchev–Trinajstić information content (AvgIpc) is 1.83. The van der Waals surface area contributed by atoms with Crippen molar-refractivity contribution in [2.45, 2.75) is 0 Å². The molecule has 0 saturated carbocycles. The van der Waals surface area contributed by atoms with Gasteiger partial charge in [-0.2, -0.15) is 0 Å². The van der Waals surface area contributed by atoms with E-state index in [0.717, 1.165) is 0 Å². The lowest BCUT2D eigenvalue weighted by atomic mass is 10.5. The van der Waals surface area contributed by atoms with Crippen LogP contribution in [0.2, 0.25) is 0 Å². The Balaban J connectivity index is -0.000000245. The average molecular weight is 190 g/mol. The van der Waals surface area contributed by atoms with E-state index in [9.17, 15) is 4.79 Å². The van der Waals surface area contributed by atoms with Gasteiger partial charge in [0.05, 0.1) is 6.54 Å². The van der Waals surface area contributed by atoms with E-state index >= 15 is 0 Å². The van der Waals surface area contributed by atoms with Crippen LogP contribution in [0.25, 0.3) is 0 Å². The van der Waals surface area contributed by atoms with Crippen LogP contribution in [-0.4, -0.2) is 25.5 Å². The summed E-state index contributed by atoms with van der Waals surface area (Å²) in [7, 11) is 0. The molecule has 6 heteroatoms. The van der Waals surface area contributed by atoms with E-state index in [4.69, 9.17) is 11.5 Å². The lowest BCUT2D eigenvalue weighted by Crippen LogP contribution is -2.33. The monoisotopic (exact) mass is 189 g/mol. The molecule has 0 aliphatic carbocycles. The van der Waals surface area contributed by atoms with Gasteiger partial charge in [0.1, 0.15) is 0 Å². The van der Waals surface area contributed by atoms with Crippen LogP contribution in [0.4, 0.5) is 0 Å². The Kier molecular flexibility index (Phi) is 19.4. The normalized spacial score (nSPS) is 7.00. The van der Waals surface area contributed by atoms with Crippen molar-refractivity contribution in [3.63, 3.8) is 0 Å². The molecule has 0 aromatic rings. The van der Waals surface area contributed by atoms with Gasteiger partial charge in [0, 0.05) is 13.1 Å². The quantitative estimate of drug-likeness (QED) is 0.526. The molecule has 0 bridgehead atoms. The summed E-state index contributed by atoms with van der Waals surface area (Å²) in [4.78, 5) is 10.3. The summed E-state index contributed by atoms with van der Waals surface area (Å²) in [6.45, 7) is 1.02. The molecule has 0 radical (unpaired) electrons. The Morgan fingerprint density at radius 2 is 1.80 bits per heavy atom. The number of carbonyl (C=O) groups excluding carboxylic acids is 1. The van der Waals surface area contributed by atoms with Crippen LogP contribution in [0.5, 0.6) is 0 Å². The van der Waals surface area contributed by atoms with Crippen LogP contribution in [0.1, 0.15) is 0 Å². The first-order valence-electron chi connectivity index (χ1n) is 2.48. The first-order chi connectivity index (χ1) is 3.81. The van der Waals surface area contributed by atoms with E-state index in [1.165, 1.54) is 0 Å². The van der Waals surface area contributed by atoms with Crippen molar-refractivity contribution in [1.82, 2.24) is 5.32 Å². The van der Waals surface area contributed by atoms with Crippen molar-refractivity contribution in [1.29, 1.82) is 0 Å². The molecule has 4 nitrogen and oxygen atoms in total. The molecule has 10 heavy (non-hydrogen) atoms. The maximum absolute atomic E-state index is 10.3. The number of halogens is 2. The third kappa shape index (κ3) is 10.9. The third-order valence-electron chi connectivity index (χ3n) is 0.652. The molecule has 0 unspecified atom stereocenters. The first kappa shape index (κ1) is 16.5. The number of nitrogens with one attached hydrogen (secondary N) is 1. The van der Waals surface area contributed by atoms with Gasteiger partial charge in [0.25, 0.3) is 0 Å². The molecule has 0 atom stereocenters. The second-order valence-corrected chi connectivity index (χ2v) is 1.34. The molecular formula is C4H13Cl2N3O. The Labute approximate surface area is 72.5 Å². The van der Waals surface area contributed by atoms with E-state index in [2.05, 4.69) is 5.32 Å². The van der Waals surface area contributed by atoms with Crippen molar-refractivity contribution in [2.75, 3.05) is 19.6 Å². The lowest BCUT2D eigenvalue weighted by Gasteiger charge is -1.97. The molecule has 0 aromatic heterocycles. The molecular weight excluding hydrogens is 177 g/mol. The molecule has 0 spiro atoms. The largest absolute Gasteiger partial charge is 0.354 e. The summed E-state index contributed by atoms with van der Waals surface area (Å²) in [5.74, 6) is -0.157. The van der Waals surface area contributed by atoms with Crippen molar-refractivity contribution in [3.05, 3.63) is 0 Å². The highest BCUT2D eigenvalue weighted by Gasteiger charge is 1.90. The fourth-order valence-corrected chi connectivity index (χ4v) is 0.284. The fourth-order valence-electron chi connectivity index (χ4n) is 0.284. The van der Waals surface area contributed by atoms with Gasteiger partial charge in [0.15, 0.2) is 0 Å². The minimum absolute atomic E-state index is 0. The van der Waals surface area contributed by atoms with Crippen LogP contribution in [0.15, 0.2) is 0 Å². The molecule has 5 N–H and O–H groups in total. The highest BCUT2D eigenvalue weighted by molar-refractivity contribution is 5.85. The molecule has 0 aromatic carbocycles. The summed E-state index contributed by atoms with van der Waals surface area (Å²) in [6, 6.07) is 0. The Morgan fingerprint density at radius 1 is 1.30 bits per heavy atom. The summed E-state index contributed by atoms with van der Waals surface area (Å²) < 4.78 is 0. The van der Waals surface area contributed by atoms with E-state index < -0.39 is 0 Å². The minimum Gasteiger partial charge on any atom is -0.354 e. The van der Waals surface area contributed by atoms with Crippen LogP contribution < -0.4 is 16.8 Å². The van der Waals surface area contributed by atoms with Crippen molar-refractivity contribution in [3.8, 4) is 0 Å². The SMILES string of the molecule is Cl.Cl.NCCNC(=O)CN. The van der Waals surface area contributed by atoms with Gasteiger partial charge in [-0.1, -0.05) is 0 Å². The van der Waals surface area contributed by atoms with Crippen molar-refractivity contribution < 1.29 is 4.79 Å². The van der Waals surface area contributed by atoms with E-state index in [1.54, 1.807) is 0 Å². The van der Waals surface area contributed by atoms with E-state index in [0.29, 0.717) is 13.1 Å². The van der Waals surface area contributed by atoms with Crippen LogP contribution in [0, 0.1) is 0 Å². The summed E-state index contributed by atoms with van der Waals surface area (Å²) in [5, 5.41) is 2.49. The maximum Gasteiger partial charge on any atom is 0.233 e. The zero-order chi connectivity index (χ0) is 6.41. The van der Waals surface area contributed by atoms with E-state index in [-0.39, 0.29) is 37.3 Å². The second kappa shape index (κ2) is 11.7. The van der Waals surface area contributed by atoms with Crippen LogP contribution in [-0.2, 0) is 4.79 Å². The zero-order valence-electron chi connectivity index (χ0n) is 5.50. The highest BCUT2D eigenvalue weighted by Crippen LogP contribution is 1.55. The van der Waals surface area contributed by atoms with Gasteiger partial charge in [0.2, 0.25) is 5.91 Å². The molecule has 0 aliphatic rings. The Morgan fingerprint density at radius 3 is 2.10 bits per heavy atom. The molecule has 0 saturated heterocycles. The smallest absolute Gasteiger partial charge is 0.233 e. The maximum atomic E-state index is 10.3. The highest BCUT2D eigenvalue weighted by atomic mass is 35.5. The van der Waals surface area contributed by atoms with Gasteiger partial charge in [-0.05, 0) is 0 Å². The number of hydrogen-bond donors (Lipinski definition) is 3. The van der Waals surface area contributed by atoms with Crippen LogP contribution in [0.3, 0.4) is 0 Å². The second-order valence-electron chi connectivity index (χ2n) is 1.34. The molecule has 0 rings (SSSR count). The number of amides is 1. The van der Waals surface area contributed by atoms with Gasteiger partial charge < -0.3 is 16.8 Å². The predicted molar refractivity (Wildman–Crippen MR) is 45.6 cm³/mol. The molecule has 0 aliphatic heterocycles. The summed E-state index contributed by atoms with van der Waals surface area (Å²) in [6.07, 6.45) is 0. The Hall–Kier alpha value is -0.0300. The third-order valence-corrected chi connectivity index (χ3v) is 0.652. The number of rotatable bonds is 3. The van der Waals surface area contributed by atoms with Crippen molar-refractivity contribution >= 4 is 30.7 Å². The minimum atomic E-state index is -0.157. The number of carbonyl (C=O) groups is 1. The molecule has 64 valence electrons. The summed E-state index contributed by atoms with van der Waals surface area (Å²) >= 11 is 0. The van der Waals surface area contributed by atoms with Crippen molar-refractivity contribution in [2.24, 2.45) is 11.5 Å². The lowest BCUT2D eigenvalue weighted by molar-refractivity contribution is -0.119. The molecule has 1 amide bonds. The standard InChI is InChI=1S/C4H11N3O.2ClH/c5-1-2-7-4(8)3-6;;/h1-3,5-6H2,(H,7,8);2*1H. The van der Waals surface area contributed by atoms with Gasteiger partial charge in [-0.15, -0.1) is 24.8 Å². The molecule has 0 fully saturated rings. The fraction of sp³-hybridized carbons (Fsp3) is 0.750. The van der Waals surface area contributed by atoms with E-state index in [1.807, 2.05) is 0 Å². The topological polar surface area (TPSA) is 81.1 Å². The van der Waals surface area contributed by atoms with Gasteiger partial charge >= 0.3 is 0 Å². The predicted octanol–water partition coefficient (Wildman–Crippen LogP) is -1.14. The summed E-state index contributed by atoms with van der Waals surface area (Å²) in [5.41, 5.74) is 10.0. The first-order valence-corrected chi connectivity index (χ1v) is 2.48. The van der Waals surface area contributed by atoms with Crippen LogP contribution >= 0.6 is 24.8 Å². The molecule has 0 heterocycles. The number of hydrogen-bond acceptors (Lipinski definition) is 3. The Bertz CT molecular complexity index is 80.9. The zero-order valence-corrected chi connectivity index (χ0v) is 7.13. The number of nitrogens with two attached hydrogens (primary N) is 2.